The summed E-state index contributed by atoms with van der Waals surface area (Å²) in [7, 11) is 0. The lowest BCUT2D eigenvalue weighted by Gasteiger charge is -2.31. The van der Waals surface area contributed by atoms with E-state index in [-0.39, 0.29) is 18.3 Å². The molecular formula is C25H24Cl2N2O5. The molecule has 0 aromatic heterocycles. The molecule has 4 rings (SSSR count). The molecule has 0 radical (unpaired) electrons. The number of halogens is 2. The van der Waals surface area contributed by atoms with Gasteiger partial charge < -0.3 is 15.2 Å². The summed E-state index contributed by atoms with van der Waals surface area (Å²) in [5.41, 5.74) is -2.25. The van der Waals surface area contributed by atoms with E-state index in [0.717, 1.165) is 0 Å². The van der Waals surface area contributed by atoms with Crippen LogP contribution in [0.15, 0.2) is 53.8 Å². The van der Waals surface area contributed by atoms with Gasteiger partial charge in [-0.05, 0) is 44.2 Å². The van der Waals surface area contributed by atoms with Crippen molar-refractivity contribution in [2.75, 3.05) is 11.5 Å². The highest BCUT2D eigenvalue weighted by atomic mass is 35.5. The van der Waals surface area contributed by atoms with Gasteiger partial charge in [-0.1, -0.05) is 49.2 Å². The van der Waals surface area contributed by atoms with Gasteiger partial charge in [-0.25, -0.2) is 0 Å². The van der Waals surface area contributed by atoms with Gasteiger partial charge in [0, 0.05) is 15.6 Å². The van der Waals surface area contributed by atoms with Gasteiger partial charge in [0.1, 0.15) is 0 Å². The van der Waals surface area contributed by atoms with Crippen molar-refractivity contribution in [3.63, 3.8) is 0 Å². The molecule has 2 aromatic carbocycles. The zero-order valence-corrected chi connectivity index (χ0v) is 20.6. The van der Waals surface area contributed by atoms with E-state index in [1.807, 2.05) is 13.8 Å². The van der Waals surface area contributed by atoms with Crippen molar-refractivity contribution in [2.45, 2.75) is 39.3 Å². The van der Waals surface area contributed by atoms with Crippen LogP contribution in [0.3, 0.4) is 0 Å². The van der Waals surface area contributed by atoms with E-state index in [1.165, 1.54) is 4.90 Å². The minimum atomic E-state index is -1.92. The number of fused-ring (bicyclic) bond motifs is 2. The van der Waals surface area contributed by atoms with Crippen LogP contribution in [0.2, 0.25) is 10.0 Å². The van der Waals surface area contributed by atoms with Crippen molar-refractivity contribution in [3.8, 4) is 0 Å². The van der Waals surface area contributed by atoms with E-state index in [1.54, 1.807) is 56.3 Å². The highest BCUT2D eigenvalue weighted by Crippen LogP contribution is 2.52. The van der Waals surface area contributed by atoms with E-state index in [4.69, 9.17) is 27.9 Å². The van der Waals surface area contributed by atoms with E-state index < -0.39 is 34.3 Å². The van der Waals surface area contributed by atoms with Gasteiger partial charge in [-0.15, -0.1) is 0 Å². The Kier molecular flexibility index (Phi) is 6.00. The van der Waals surface area contributed by atoms with Crippen LogP contribution in [0.5, 0.6) is 0 Å². The number of rotatable bonds is 6. The number of anilines is 2. The quantitative estimate of drug-likeness (QED) is 0.589. The molecule has 9 heteroatoms. The van der Waals surface area contributed by atoms with Crippen LogP contribution in [0.4, 0.5) is 11.4 Å². The number of hydrogen-bond acceptors (Lipinski definition) is 5. The second-order valence-corrected chi connectivity index (χ2v) is 10.2. The van der Waals surface area contributed by atoms with Gasteiger partial charge in [0.25, 0.3) is 11.8 Å². The summed E-state index contributed by atoms with van der Waals surface area (Å²) in [6.45, 7) is 6.99. The normalized spacial score (nSPS) is 19.9. The Balaban J connectivity index is 1.92. The Labute approximate surface area is 207 Å². The molecule has 2 heterocycles. The Hall–Kier alpha value is -2.87. The highest BCUT2D eigenvalue weighted by molar-refractivity contribution is 6.32. The summed E-state index contributed by atoms with van der Waals surface area (Å²) in [5.74, 6) is -2.91. The summed E-state index contributed by atoms with van der Waals surface area (Å²) in [6.07, 6.45) is -0.138. The van der Waals surface area contributed by atoms with Gasteiger partial charge in [0.05, 0.1) is 35.1 Å². The molecule has 2 N–H and O–H groups in total. The van der Waals surface area contributed by atoms with Gasteiger partial charge in [-0.3, -0.25) is 19.3 Å². The van der Waals surface area contributed by atoms with Crippen molar-refractivity contribution in [1.82, 2.24) is 5.32 Å². The van der Waals surface area contributed by atoms with Crippen molar-refractivity contribution in [1.29, 1.82) is 0 Å². The van der Waals surface area contributed by atoms with Crippen molar-refractivity contribution in [2.24, 2.45) is 5.41 Å². The lowest BCUT2D eigenvalue weighted by molar-refractivity contribution is -0.131. The average molecular weight is 503 g/mol. The standard InChI is InChI=1S/C25H24Cl2N2O5/c1-13(2)34-12-24(3,4)21(31)19-20(30)22(32)28-25(19)17-9-8-15(27)11-18(17)29(23(25)33)16-7-5-6-14(26)10-16/h5-11,13,30H,12H2,1-4H3,(H,28,32). The van der Waals surface area contributed by atoms with Crippen molar-refractivity contribution < 1.29 is 24.2 Å². The molecule has 0 aliphatic carbocycles. The highest BCUT2D eigenvalue weighted by Gasteiger charge is 2.63. The van der Waals surface area contributed by atoms with Crippen molar-refractivity contribution in [3.05, 3.63) is 69.4 Å². The summed E-state index contributed by atoms with van der Waals surface area (Å²) < 4.78 is 5.66. The third kappa shape index (κ3) is 3.68. The molecule has 1 unspecified atom stereocenters. The van der Waals surface area contributed by atoms with Gasteiger partial charge >= 0.3 is 0 Å². The smallest absolute Gasteiger partial charge is 0.288 e. The minimum Gasteiger partial charge on any atom is -0.503 e. The predicted molar refractivity (Wildman–Crippen MR) is 129 cm³/mol. The summed E-state index contributed by atoms with van der Waals surface area (Å²) >= 11 is 12.4. The van der Waals surface area contributed by atoms with Crippen molar-refractivity contribution >= 4 is 52.2 Å². The first-order valence-corrected chi connectivity index (χ1v) is 11.5. The number of nitrogens with one attached hydrogen (secondary N) is 1. The second-order valence-electron chi connectivity index (χ2n) is 9.28. The molecule has 2 aromatic rings. The lowest BCUT2D eigenvalue weighted by Crippen LogP contribution is -2.52. The van der Waals surface area contributed by atoms with Crippen LogP contribution in [0.25, 0.3) is 0 Å². The molecule has 178 valence electrons. The molecule has 2 aliphatic rings. The van der Waals surface area contributed by atoms with Gasteiger partial charge in [0.15, 0.2) is 17.1 Å². The number of nitrogens with zero attached hydrogens (tertiary/aromatic N) is 1. The number of ether oxygens (including phenoxy) is 1. The zero-order valence-electron chi connectivity index (χ0n) is 19.1. The topological polar surface area (TPSA) is 95.9 Å². The molecule has 0 bridgehead atoms. The number of Topliss-reactive ketones (excluding diaryl/α,β-unsaturated/α-hetero) is 1. The van der Waals surface area contributed by atoms with E-state index in [2.05, 4.69) is 5.32 Å². The number of hydrogen-bond donors (Lipinski definition) is 2. The fraction of sp³-hybridized carbons (Fsp3) is 0.320. The maximum atomic E-state index is 14.1. The van der Waals surface area contributed by atoms with Crippen LogP contribution in [-0.2, 0) is 24.7 Å². The number of benzene rings is 2. The Morgan fingerprint density at radius 3 is 2.47 bits per heavy atom. The third-order valence-corrected chi connectivity index (χ3v) is 6.41. The monoisotopic (exact) mass is 502 g/mol. The average Bonchev–Trinajstić information content (AvgIpc) is 3.16. The zero-order chi connectivity index (χ0) is 25.0. The van der Waals surface area contributed by atoms with Gasteiger partial charge in [-0.2, -0.15) is 0 Å². The summed E-state index contributed by atoms with van der Waals surface area (Å²) in [5, 5.41) is 14.1. The van der Waals surface area contributed by atoms with E-state index >= 15 is 0 Å². The Morgan fingerprint density at radius 2 is 1.82 bits per heavy atom. The molecule has 0 saturated heterocycles. The van der Waals surface area contributed by atoms with Gasteiger partial charge in [0.2, 0.25) is 0 Å². The molecule has 34 heavy (non-hydrogen) atoms. The number of ketones is 1. The van der Waals surface area contributed by atoms with Crippen LogP contribution < -0.4 is 10.2 Å². The fourth-order valence-corrected chi connectivity index (χ4v) is 4.62. The maximum absolute atomic E-state index is 14.1. The lowest BCUT2D eigenvalue weighted by atomic mass is 9.75. The number of carbonyl (C=O) groups excluding carboxylic acids is 3. The van der Waals surface area contributed by atoms with E-state index in [9.17, 15) is 19.5 Å². The molecule has 0 saturated carbocycles. The number of carbonyl (C=O) groups is 3. The first-order chi connectivity index (χ1) is 15.9. The SMILES string of the molecule is CC(C)OCC(C)(C)C(=O)C1=C(O)C(=O)NC12C(=O)N(c1cccc(Cl)c1)c1cc(Cl)ccc12. The molecular weight excluding hydrogens is 479 g/mol. The molecule has 7 nitrogen and oxygen atoms in total. The predicted octanol–water partition coefficient (Wildman–Crippen LogP) is 4.83. The van der Waals surface area contributed by atoms with Crippen LogP contribution in [-0.4, -0.2) is 35.4 Å². The summed E-state index contributed by atoms with van der Waals surface area (Å²) in [6, 6.07) is 11.3. The maximum Gasteiger partial charge on any atom is 0.288 e. The fourth-order valence-electron chi connectivity index (χ4n) is 4.27. The first-order valence-electron chi connectivity index (χ1n) is 10.7. The number of aliphatic hydroxyl groups is 1. The number of amides is 2. The summed E-state index contributed by atoms with van der Waals surface area (Å²) in [4.78, 5) is 42.0. The van der Waals surface area contributed by atoms with E-state index in [0.29, 0.717) is 27.0 Å². The second kappa shape index (κ2) is 8.41. The Bertz CT molecular complexity index is 1250. The molecule has 1 spiro atoms. The van der Waals surface area contributed by atoms with Crippen LogP contribution in [0, 0.1) is 5.41 Å². The first kappa shape index (κ1) is 24.3. The third-order valence-electron chi connectivity index (χ3n) is 5.94. The number of aliphatic hydroxyl groups excluding tert-OH is 1. The largest absolute Gasteiger partial charge is 0.503 e. The van der Waals surface area contributed by atoms with Crippen LogP contribution in [0.1, 0.15) is 33.3 Å². The molecule has 0 fully saturated rings. The molecule has 2 amide bonds. The molecule has 1 atom stereocenters. The molecule has 2 aliphatic heterocycles. The minimum absolute atomic E-state index is 0.0320. The Morgan fingerprint density at radius 1 is 1.15 bits per heavy atom. The van der Waals surface area contributed by atoms with Crippen LogP contribution >= 0.6 is 23.2 Å².